The fourth-order valence-corrected chi connectivity index (χ4v) is 1.46. The standard InChI is InChI=1S/C12H25NO/c1-5-13-12(10-11(3)4)8-7-9-14-6-2/h10,12-13H,5-9H2,1-4H3. The molecule has 1 unspecified atom stereocenters. The molecule has 0 spiro atoms. The molecule has 0 amide bonds. The topological polar surface area (TPSA) is 21.3 Å². The molecule has 2 heteroatoms. The lowest BCUT2D eigenvalue weighted by Crippen LogP contribution is -2.27. The molecule has 0 rings (SSSR count). The number of rotatable bonds is 8. The predicted octanol–water partition coefficient (Wildman–Crippen LogP) is 2.75. The molecule has 0 fully saturated rings. The Hall–Kier alpha value is -0.340. The van der Waals surface area contributed by atoms with Crippen molar-refractivity contribution >= 4 is 0 Å². The molecule has 0 heterocycles. The maximum absolute atomic E-state index is 5.32. The van der Waals surface area contributed by atoms with Gasteiger partial charge in [-0.2, -0.15) is 0 Å². The van der Waals surface area contributed by atoms with Crippen molar-refractivity contribution in [2.45, 2.75) is 46.6 Å². The highest BCUT2D eigenvalue weighted by atomic mass is 16.5. The Morgan fingerprint density at radius 1 is 1.36 bits per heavy atom. The van der Waals surface area contributed by atoms with Crippen LogP contribution in [-0.4, -0.2) is 25.8 Å². The van der Waals surface area contributed by atoms with E-state index in [1.54, 1.807) is 0 Å². The van der Waals surface area contributed by atoms with Gasteiger partial charge in [-0.3, -0.25) is 0 Å². The van der Waals surface area contributed by atoms with Crippen molar-refractivity contribution in [1.29, 1.82) is 0 Å². The van der Waals surface area contributed by atoms with Crippen molar-refractivity contribution < 1.29 is 4.74 Å². The van der Waals surface area contributed by atoms with Gasteiger partial charge in [0.25, 0.3) is 0 Å². The fourth-order valence-electron chi connectivity index (χ4n) is 1.46. The third-order valence-electron chi connectivity index (χ3n) is 2.01. The minimum Gasteiger partial charge on any atom is -0.382 e. The van der Waals surface area contributed by atoms with E-state index < -0.39 is 0 Å². The molecule has 0 aromatic heterocycles. The second-order valence-corrected chi connectivity index (χ2v) is 3.75. The minimum atomic E-state index is 0.519. The molecular formula is C12H25NO. The first-order valence-corrected chi connectivity index (χ1v) is 5.66. The van der Waals surface area contributed by atoms with E-state index in [2.05, 4.69) is 32.2 Å². The number of nitrogens with one attached hydrogen (secondary N) is 1. The summed E-state index contributed by atoms with van der Waals surface area (Å²) in [6, 6.07) is 0.519. The molecule has 2 nitrogen and oxygen atoms in total. The Bertz CT molecular complexity index is 150. The smallest absolute Gasteiger partial charge is 0.0466 e. The molecule has 0 aliphatic rings. The molecule has 0 bridgehead atoms. The van der Waals surface area contributed by atoms with E-state index in [0.29, 0.717) is 6.04 Å². The summed E-state index contributed by atoms with van der Waals surface area (Å²) < 4.78 is 5.32. The first kappa shape index (κ1) is 13.7. The number of likely N-dealkylation sites (N-methyl/N-ethyl adjacent to an activating group) is 1. The summed E-state index contributed by atoms with van der Waals surface area (Å²) in [5.41, 5.74) is 1.38. The fraction of sp³-hybridized carbons (Fsp3) is 0.833. The van der Waals surface area contributed by atoms with E-state index in [0.717, 1.165) is 26.2 Å². The SMILES string of the molecule is CCNC(C=C(C)C)CCCOCC. The lowest BCUT2D eigenvalue weighted by atomic mass is 10.1. The van der Waals surface area contributed by atoms with Crippen LogP contribution in [0.1, 0.15) is 40.5 Å². The minimum absolute atomic E-state index is 0.519. The van der Waals surface area contributed by atoms with Crippen LogP contribution in [0.2, 0.25) is 0 Å². The summed E-state index contributed by atoms with van der Waals surface area (Å²) in [6.45, 7) is 11.2. The number of hydrogen-bond acceptors (Lipinski definition) is 2. The van der Waals surface area contributed by atoms with Crippen LogP contribution in [0, 0.1) is 0 Å². The molecule has 0 saturated heterocycles. The van der Waals surface area contributed by atoms with Gasteiger partial charge in [0.05, 0.1) is 0 Å². The van der Waals surface area contributed by atoms with Gasteiger partial charge in [0.2, 0.25) is 0 Å². The summed E-state index contributed by atoms with van der Waals surface area (Å²) in [4.78, 5) is 0. The van der Waals surface area contributed by atoms with Gasteiger partial charge in [0.1, 0.15) is 0 Å². The number of ether oxygens (including phenoxy) is 1. The normalized spacial score (nSPS) is 12.6. The van der Waals surface area contributed by atoms with Crippen LogP contribution in [0.4, 0.5) is 0 Å². The predicted molar refractivity (Wildman–Crippen MR) is 62.6 cm³/mol. The molecule has 0 saturated carbocycles. The van der Waals surface area contributed by atoms with E-state index in [1.807, 2.05) is 6.92 Å². The summed E-state index contributed by atoms with van der Waals surface area (Å²) >= 11 is 0. The van der Waals surface area contributed by atoms with Crippen molar-refractivity contribution in [2.75, 3.05) is 19.8 Å². The first-order valence-electron chi connectivity index (χ1n) is 5.66. The Kier molecular flexibility index (Phi) is 9.00. The maximum Gasteiger partial charge on any atom is 0.0466 e. The van der Waals surface area contributed by atoms with Crippen molar-refractivity contribution in [3.63, 3.8) is 0 Å². The Labute approximate surface area is 88.7 Å². The molecule has 0 radical (unpaired) electrons. The number of hydrogen-bond donors (Lipinski definition) is 1. The average Bonchev–Trinajstić information content (AvgIpc) is 2.12. The van der Waals surface area contributed by atoms with E-state index in [1.165, 1.54) is 12.0 Å². The van der Waals surface area contributed by atoms with Crippen LogP contribution in [0.15, 0.2) is 11.6 Å². The Balaban J connectivity index is 3.68. The van der Waals surface area contributed by atoms with Gasteiger partial charge in [-0.25, -0.2) is 0 Å². The third-order valence-corrected chi connectivity index (χ3v) is 2.01. The summed E-state index contributed by atoms with van der Waals surface area (Å²) in [7, 11) is 0. The zero-order valence-corrected chi connectivity index (χ0v) is 10.1. The average molecular weight is 199 g/mol. The van der Waals surface area contributed by atoms with Crippen LogP contribution in [0.5, 0.6) is 0 Å². The van der Waals surface area contributed by atoms with Crippen molar-refractivity contribution in [3.05, 3.63) is 11.6 Å². The third kappa shape index (κ3) is 8.27. The van der Waals surface area contributed by atoms with E-state index >= 15 is 0 Å². The van der Waals surface area contributed by atoms with Gasteiger partial charge >= 0.3 is 0 Å². The number of allylic oxidation sites excluding steroid dienone is 1. The zero-order valence-electron chi connectivity index (χ0n) is 10.1. The molecule has 1 atom stereocenters. The maximum atomic E-state index is 5.32. The highest BCUT2D eigenvalue weighted by Gasteiger charge is 2.02. The molecule has 14 heavy (non-hydrogen) atoms. The monoisotopic (exact) mass is 199 g/mol. The van der Waals surface area contributed by atoms with E-state index in [9.17, 15) is 0 Å². The van der Waals surface area contributed by atoms with Crippen LogP contribution < -0.4 is 5.32 Å². The van der Waals surface area contributed by atoms with Crippen molar-refractivity contribution in [1.82, 2.24) is 5.32 Å². The van der Waals surface area contributed by atoms with Gasteiger partial charge in [-0.05, 0) is 40.2 Å². The van der Waals surface area contributed by atoms with E-state index in [4.69, 9.17) is 4.74 Å². The molecule has 84 valence electrons. The van der Waals surface area contributed by atoms with Crippen LogP contribution >= 0.6 is 0 Å². The van der Waals surface area contributed by atoms with Gasteiger partial charge in [-0.1, -0.05) is 18.6 Å². The van der Waals surface area contributed by atoms with Gasteiger partial charge in [0, 0.05) is 19.3 Å². The van der Waals surface area contributed by atoms with Crippen LogP contribution in [-0.2, 0) is 4.74 Å². The van der Waals surface area contributed by atoms with Crippen molar-refractivity contribution in [2.24, 2.45) is 0 Å². The first-order chi connectivity index (χ1) is 6.70. The molecular weight excluding hydrogens is 174 g/mol. The van der Waals surface area contributed by atoms with Crippen molar-refractivity contribution in [3.8, 4) is 0 Å². The van der Waals surface area contributed by atoms with Gasteiger partial charge < -0.3 is 10.1 Å². The zero-order chi connectivity index (χ0) is 10.8. The van der Waals surface area contributed by atoms with Gasteiger partial charge in [-0.15, -0.1) is 0 Å². The Morgan fingerprint density at radius 3 is 2.57 bits per heavy atom. The largest absolute Gasteiger partial charge is 0.382 e. The quantitative estimate of drug-likeness (QED) is 0.479. The second kappa shape index (κ2) is 9.22. The molecule has 0 aliphatic carbocycles. The van der Waals surface area contributed by atoms with Crippen LogP contribution in [0.25, 0.3) is 0 Å². The van der Waals surface area contributed by atoms with Gasteiger partial charge in [0.15, 0.2) is 0 Å². The van der Waals surface area contributed by atoms with E-state index in [-0.39, 0.29) is 0 Å². The second-order valence-electron chi connectivity index (χ2n) is 3.75. The lowest BCUT2D eigenvalue weighted by molar-refractivity contribution is 0.142. The molecule has 0 aromatic rings. The molecule has 1 N–H and O–H groups in total. The highest BCUT2D eigenvalue weighted by Crippen LogP contribution is 2.03. The summed E-state index contributed by atoms with van der Waals surface area (Å²) in [6.07, 6.45) is 4.60. The summed E-state index contributed by atoms with van der Waals surface area (Å²) in [5, 5.41) is 3.46. The highest BCUT2D eigenvalue weighted by molar-refractivity contribution is 5.00. The summed E-state index contributed by atoms with van der Waals surface area (Å²) in [5.74, 6) is 0. The molecule has 0 aliphatic heterocycles. The van der Waals surface area contributed by atoms with Crippen LogP contribution in [0.3, 0.4) is 0 Å². The lowest BCUT2D eigenvalue weighted by Gasteiger charge is -2.14. The molecule has 0 aromatic carbocycles. The Morgan fingerprint density at radius 2 is 2.07 bits per heavy atom.